The monoisotopic (exact) mass is 423 g/mol. The molecule has 1 saturated heterocycles. The largest absolute Gasteiger partial charge is 0.573 e. The third-order valence-corrected chi connectivity index (χ3v) is 5.87. The number of carbonyl (C=O) groups is 1. The van der Waals surface area contributed by atoms with Gasteiger partial charge in [0.05, 0.1) is 4.90 Å². The van der Waals surface area contributed by atoms with Crippen molar-refractivity contribution in [3.8, 4) is 5.75 Å². The summed E-state index contributed by atoms with van der Waals surface area (Å²) in [7, 11) is -3.93. The fourth-order valence-electron chi connectivity index (χ4n) is 2.84. The Morgan fingerprint density at radius 2 is 1.71 bits per heavy atom. The lowest BCUT2D eigenvalue weighted by Crippen LogP contribution is -2.51. The predicted octanol–water partition coefficient (Wildman–Crippen LogP) is 1.81. The SMILES string of the molecule is CC(C)N1CCN(C(=O)CCNS(=O)(=O)c2ccc(OC(F)(F)F)cc2)CC1. The summed E-state index contributed by atoms with van der Waals surface area (Å²) in [6.07, 6.45) is -4.84. The molecule has 1 aliphatic rings. The molecule has 11 heteroatoms. The second-order valence-electron chi connectivity index (χ2n) is 6.68. The van der Waals surface area contributed by atoms with Crippen LogP contribution in [-0.2, 0) is 14.8 Å². The molecule has 28 heavy (non-hydrogen) atoms. The van der Waals surface area contributed by atoms with Crippen molar-refractivity contribution in [3.63, 3.8) is 0 Å². The number of benzene rings is 1. The summed E-state index contributed by atoms with van der Waals surface area (Å²) in [5, 5.41) is 0. The van der Waals surface area contributed by atoms with Crippen LogP contribution >= 0.6 is 0 Å². The van der Waals surface area contributed by atoms with Crippen molar-refractivity contribution in [2.24, 2.45) is 0 Å². The van der Waals surface area contributed by atoms with Crippen molar-refractivity contribution in [2.45, 2.75) is 37.6 Å². The van der Waals surface area contributed by atoms with Crippen LogP contribution in [0.5, 0.6) is 5.75 Å². The first-order valence-corrected chi connectivity index (χ1v) is 10.3. The summed E-state index contributed by atoms with van der Waals surface area (Å²) < 4.78 is 66.8. The number of piperazine rings is 1. The van der Waals surface area contributed by atoms with Gasteiger partial charge in [0.15, 0.2) is 0 Å². The van der Waals surface area contributed by atoms with Gasteiger partial charge in [-0.15, -0.1) is 13.2 Å². The fraction of sp³-hybridized carbons (Fsp3) is 0.588. The van der Waals surface area contributed by atoms with E-state index >= 15 is 0 Å². The molecule has 158 valence electrons. The van der Waals surface area contributed by atoms with E-state index in [-0.39, 0.29) is 23.8 Å². The van der Waals surface area contributed by atoms with Crippen molar-refractivity contribution in [3.05, 3.63) is 24.3 Å². The minimum Gasteiger partial charge on any atom is -0.406 e. The highest BCUT2D eigenvalue weighted by Crippen LogP contribution is 2.23. The Labute approximate surface area is 162 Å². The van der Waals surface area contributed by atoms with Gasteiger partial charge in [-0.25, -0.2) is 13.1 Å². The van der Waals surface area contributed by atoms with Crippen molar-refractivity contribution in [1.82, 2.24) is 14.5 Å². The maximum atomic E-state index is 12.2. The van der Waals surface area contributed by atoms with Gasteiger partial charge in [-0.3, -0.25) is 9.69 Å². The normalized spacial score (nSPS) is 16.4. The Balaban J connectivity index is 1.82. The maximum absolute atomic E-state index is 12.2. The molecule has 7 nitrogen and oxygen atoms in total. The van der Waals surface area contributed by atoms with Gasteiger partial charge in [0, 0.05) is 45.2 Å². The lowest BCUT2D eigenvalue weighted by Gasteiger charge is -2.37. The smallest absolute Gasteiger partial charge is 0.406 e. The standard InChI is InChI=1S/C17H24F3N3O4S/c1-13(2)22-9-11-23(12-10-22)16(24)7-8-21-28(25,26)15-5-3-14(4-6-15)27-17(18,19)20/h3-6,13,21H,7-12H2,1-2H3. The van der Waals surface area contributed by atoms with Gasteiger partial charge in [0.25, 0.3) is 0 Å². The lowest BCUT2D eigenvalue weighted by atomic mass is 10.2. The highest BCUT2D eigenvalue weighted by Gasteiger charge is 2.31. The van der Waals surface area contributed by atoms with Crippen LogP contribution in [0, 0.1) is 0 Å². The number of hydrogen-bond donors (Lipinski definition) is 1. The molecule has 0 saturated carbocycles. The van der Waals surface area contributed by atoms with E-state index in [0.717, 1.165) is 37.4 Å². The van der Waals surface area contributed by atoms with Gasteiger partial charge in [0.2, 0.25) is 15.9 Å². The minimum absolute atomic E-state index is 0.0101. The number of alkyl halides is 3. The van der Waals surface area contributed by atoms with Gasteiger partial charge < -0.3 is 9.64 Å². The first kappa shape index (κ1) is 22.4. The summed E-state index contributed by atoms with van der Waals surface area (Å²) in [5.74, 6) is -0.651. The van der Waals surface area contributed by atoms with Gasteiger partial charge in [-0.05, 0) is 38.1 Å². The van der Waals surface area contributed by atoms with Crippen LogP contribution in [0.15, 0.2) is 29.2 Å². The number of hydrogen-bond acceptors (Lipinski definition) is 5. The van der Waals surface area contributed by atoms with E-state index in [1.165, 1.54) is 0 Å². The molecule has 1 N–H and O–H groups in total. The molecule has 0 spiro atoms. The molecular formula is C17H24F3N3O4S. The van der Waals surface area contributed by atoms with Crippen LogP contribution in [0.1, 0.15) is 20.3 Å². The number of nitrogens with one attached hydrogen (secondary N) is 1. The predicted molar refractivity (Wildman–Crippen MR) is 96.2 cm³/mol. The fourth-order valence-corrected chi connectivity index (χ4v) is 3.87. The van der Waals surface area contributed by atoms with Crippen molar-refractivity contribution >= 4 is 15.9 Å². The highest BCUT2D eigenvalue weighted by molar-refractivity contribution is 7.89. The zero-order valence-electron chi connectivity index (χ0n) is 15.7. The summed E-state index contributed by atoms with van der Waals surface area (Å²) in [6.45, 7) is 6.85. The first-order valence-electron chi connectivity index (χ1n) is 8.85. The Morgan fingerprint density at radius 1 is 1.14 bits per heavy atom. The minimum atomic E-state index is -4.85. The molecule has 1 fully saturated rings. The van der Waals surface area contributed by atoms with Crippen LogP contribution in [0.4, 0.5) is 13.2 Å². The molecule has 0 atom stereocenters. The van der Waals surface area contributed by atoms with Crippen molar-refractivity contribution in [2.75, 3.05) is 32.7 Å². The van der Waals surface area contributed by atoms with Crippen LogP contribution in [0.25, 0.3) is 0 Å². The summed E-state index contributed by atoms with van der Waals surface area (Å²) >= 11 is 0. The molecule has 0 unspecified atom stereocenters. The molecule has 1 aromatic carbocycles. The van der Waals surface area contributed by atoms with Gasteiger partial charge in [-0.2, -0.15) is 0 Å². The summed E-state index contributed by atoms with van der Waals surface area (Å²) in [6, 6.07) is 4.27. The van der Waals surface area contributed by atoms with E-state index in [0.29, 0.717) is 19.1 Å². The van der Waals surface area contributed by atoms with E-state index in [2.05, 4.69) is 28.2 Å². The van der Waals surface area contributed by atoms with E-state index in [4.69, 9.17) is 0 Å². The quantitative estimate of drug-likeness (QED) is 0.724. The van der Waals surface area contributed by atoms with Crippen LogP contribution in [0.3, 0.4) is 0 Å². The number of ether oxygens (including phenoxy) is 1. The maximum Gasteiger partial charge on any atom is 0.573 e. The van der Waals surface area contributed by atoms with Crippen molar-refractivity contribution < 1.29 is 31.1 Å². The molecule has 1 aromatic rings. The molecular weight excluding hydrogens is 399 g/mol. The molecule has 0 aliphatic carbocycles. The number of halogens is 3. The molecule has 0 radical (unpaired) electrons. The topological polar surface area (TPSA) is 79.0 Å². The van der Waals surface area contributed by atoms with E-state index in [1.807, 2.05) is 0 Å². The molecule has 1 amide bonds. The molecule has 0 aromatic heterocycles. The summed E-state index contributed by atoms with van der Waals surface area (Å²) in [5.41, 5.74) is 0. The van der Waals surface area contributed by atoms with Crippen molar-refractivity contribution in [1.29, 1.82) is 0 Å². The highest BCUT2D eigenvalue weighted by atomic mass is 32.2. The number of sulfonamides is 1. The lowest BCUT2D eigenvalue weighted by molar-refractivity contribution is -0.274. The summed E-state index contributed by atoms with van der Waals surface area (Å²) in [4.78, 5) is 16.0. The van der Waals surface area contributed by atoms with E-state index in [1.54, 1.807) is 4.90 Å². The average molecular weight is 423 g/mol. The van der Waals surface area contributed by atoms with E-state index < -0.39 is 22.1 Å². The Hall–Kier alpha value is -1.85. The number of rotatable bonds is 7. The second-order valence-corrected chi connectivity index (χ2v) is 8.44. The molecule has 1 heterocycles. The third-order valence-electron chi connectivity index (χ3n) is 4.40. The molecule has 2 rings (SSSR count). The van der Waals surface area contributed by atoms with E-state index in [9.17, 15) is 26.4 Å². The number of carbonyl (C=O) groups excluding carboxylic acids is 1. The number of nitrogens with zero attached hydrogens (tertiary/aromatic N) is 2. The molecule has 1 aliphatic heterocycles. The first-order chi connectivity index (χ1) is 13.0. The Morgan fingerprint density at radius 3 is 2.21 bits per heavy atom. The van der Waals surface area contributed by atoms with Crippen LogP contribution in [-0.4, -0.2) is 69.3 Å². The van der Waals surface area contributed by atoms with Crippen LogP contribution in [0.2, 0.25) is 0 Å². The van der Waals surface area contributed by atoms with Crippen LogP contribution < -0.4 is 9.46 Å². The second kappa shape index (κ2) is 9.10. The third kappa shape index (κ3) is 6.64. The average Bonchev–Trinajstić information content (AvgIpc) is 2.60. The zero-order valence-corrected chi connectivity index (χ0v) is 16.5. The van der Waals surface area contributed by atoms with Gasteiger partial charge in [-0.1, -0.05) is 0 Å². The van der Waals surface area contributed by atoms with Gasteiger partial charge >= 0.3 is 6.36 Å². The van der Waals surface area contributed by atoms with Gasteiger partial charge in [0.1, 0.15) is 5.75 Å². The number of amides is 1. The molecule has 0 bridgehead atoms. The Kier molecular flexibility index (Phi) is 7.29. The zero-order chi connectivity index (χ0) is 20.9. The Bertz CT molecular complexity index is 759.